The van der Waals surface area contributed by atoms with Gasteiger partial charge in [-0.15, -0.1) is 0 Å². The highest BCUT2D eigenvalue weighted by Gasteiger charge is 2.27. The number of carboxylic acids is 1. The zero-order chi connectivity index (χ0) is 12.4. The van der Waals surface area contributed by atoms with Gasteiger partial charge in [0, 0.05) is 5.92 Å². The number of aromatic carboxylic acids is 1. The molecule has 0 amide bonds. The maximum absolute atomic E-state index is 10.9. The average Bonchev–Trinajstić information content (AvgIpc) is 2.78. The van der Waals surface area contributed by atoms with E-state index in [1.165, 1.54) is 12.6 Å². The van der Waals surface area contributed by atoms with Gasteiger partial charge in [-0.3, -0.25) is 0 Å². The van der Waals surface area contributed by atoms with Crippen molar-refractivity contribution in [2.24, 2.45) is 5.92 Å². The zero-order valence-corrected chi connectivity index (χ0v) is 10.4. The molecule has 92 valence electrons. The normalized spacial score (nSPS) is 23.9. The van der Waals surface area contributed by atoms with Gasteiger partial charge in [0.05, 0.1) is 11.2 Å². The molecule has 1 fully saturated rings. The summed E-state index contributed by atoms with van der Waals surface area (Å²) in [6.45, 7) is 2.18. The van der Waals surface area contributed by atoms with Crippen LogP contribution in [0.3, 0.4) is 0 Å². The van der Waals surface area contributed by atoms with E-state index in [2.05, 4.69) is 16.9 Å². The van der Waals surface area contributed by atoms with E-state index < -0.39 is 5.97 Å². The summed E-state index contributed by atoms with van der Waals surface area (Å²) >= 11 is 5.75. The zero-order valence-electron chi connectivity index (χ0n) is 9.69. The Morgan fingerprint density at radius 2 is 2.35 bits per heavy atom. The molecule has 1 N–H and O–H groups in total. The highest BCUT2D eigenvalue weighted by atomic mass is 35.5. The van der Waals surface area contributed by atoms with Gasteiger partial charge < -0.3 is 5.11 Å². The van der Waals surface area contributed by atoms with Gasteiger partial charge in [0.2, 0.25) is 0 Å². The Morgan fingerprint density at radius 1 is 1.59 bits per heavy atom. The first kappa shape index (κ1) is 12.3. The first-order valence-corrected chi connectivity index (χ1v) is 6.25. The average molecular weight is 255 g/mol. The van der Waals surface area contributed by atoms with Gasteiger partial charge in [-0.2, -0.15) is 0 Å². The minimum atomic E-state index is -1.09. The second-order valence-electron chi connectivity index (χ2n) is 4.51. The van der Waals surface area contributed by atoms with Gasteiger partial charge >= 0.3 is 5.97 Å². The lowest BCUT2D eigenvalue weighted by molar-refractivity contribution is 0.0690. The number of halogens is 1. The third-order valence-electron chi connectivity index (χ3n) is 3.45. The van der Waals surface area contributed by atoms with Crippen LogP contribution in [0, 0.1) is 5.92 Å². The third-order valence-corrected chi connectivity index (χ3v) is 3.73. The van der Waals surface area contributed by atoms with Crippen LogP contribution in [-0.4, -0.2) is 21.0 Å². The number of hydrogen-bond donors (Lipinski definition) is 1. The lowest BCUT2D eigenvalue weighted by Gasteiger charge is -2.09. The Labute approximate surface area is 105 Å². The maximum atomic E-state index is 10.9. The van der Waals surface area contributed by atoms with Gasteiger partial charge in [0.1, 0.15) is 5.82 Å². The summed E-state index contributed by atoms with van der Waals surface area (Å²) in [7, 11) is 0. The molecule has 0 saturated heterocycles. The molecule has 1 aliphatic carbocycles. The lowest BCUT2D eigenvalue weighted by atomic mass is 10.0. The predicted octanol–water partition coefficient (Wildman–Crippen LogP) is 3.12. The molecule has 2 atom stereocenters. The fourth-order valence-corrected chi connectivity index (χ4v) is 2.58. The van der Waals surface area contributed by atoms with E-state index >= 15 is 0 Å². The number of nitrogens with zero attached hydrogens (tertiary/aromatic N) is 2. The van der Waals surface area contributed by atoms with E-state index in [0.29, 0.717) is 11.7 Å². The highest BCUT2D eigenvalue weighted by Crippen LogP contribution is 2.38. The molecule has 1 saturated carbocycles. The highest BCUT2D eigenvalue weighted by molar-refractivity contribution is 6.33. The van der Waals surface area contributed by atoms with Gasteiger partial charge in [-0.1, -0.05) is 24.9 Å². The summed E-state index contributed by atoms with van der Waals surface area (Å²) < 4.78 is 0. The molecule has 1 aromatic rings. The number of aromatic nitrogens is 2. The molecule has 0 spiro atoms. The Kier molecular flexibility index (Phi) is 3.62. The van der Waals surface area contributed by atoms with Crippen molar-refractivity contribution in [2.45, 2.75) is 38.5 Å². The minimum absolute atomic E-state index is 0.0865. The summed E-state index contributed by atoms with van der Waals surface area (Å²) in [4.78, 5) is 19.2. The molecule has 1 aliphatic rings. The molecule has 4 nitrogen and oxygen atoms in total. The van der Waals surface area contributed by atoms with E-state index in [9.17, 15) is 4.79 Å². The minimum Gasteiger partial charge on any atom is -0.476 e. The van der Waals surface area contributed by atoms with Crippen LogP contribution >= 0.6 is 11.6 Å². The standard InChI is InChI=1S/C12H15ClN2O2/c1-2-7-3-4-8(5-7)11-14-6-9(13)10(15-11)12(16)17/h6-8H,2-5H2,1H3,(H,16,17). The lowest BCUT2D eigenvalue weighted by Crippen LogP contribution is -2.08. The van der Waals surface area contributed by atoms with Gasteiger partial charge in [-0.25, -0.2) is 14.8 Å². The Balaban J connectivity index is 2.22. The molecule has 5 heteroatoms. The molecule has 0 radical (unpaired) electrons. The largest absolute Gasteiger partial charge is 0.476 e. The second-order valence-corrected chi connectivity index (χ2v) is 4.92. The van der Waals surface area contributed by atoms with Crippen molar-refractivity contribution in [3.8, 4) is 0 Å². The smallest absolute Gasteiger partial charge is 0.356 e. The van der Waals surface area contributed by atoms with E-state index in [1.54, 1.807) is 0 Å². The first-order chi connectivity index (χ1) is 8.11. The Hall–Kier alpha value is -1.16. The fourth-order valence-electron chi connectivity index (χ4n) is 2.41. The number of rotatable bonds is 3. The number of hydrogen-bond acceptors (Lipinski definition) is 3. The van der Waals surface area contributed by atoms with Crippen LogP contribution in [0.25, 0.3) is 0 Å². The first-order valence-electron chi connectivity index (χ1n) is 5.87. The summed E-state index contributed by atoms with van der Waals surface area (Å²) in [6.07, 6.45) is 5.83. The molecule has 0 bridgehead atoms. The van der Waals surface area contributed by atoms with Crippen molar-refractivity contribution in [1.29, 1.82) is 0 Å². The molecule has 1 heterocycles. The van der Waals surface area contributed by atoms with E-state index in [0.717, 1.165) is 19.3 Å². The molecule has 1 aromatic heterocycles. The van der Waals surface area contributed by atoms with Crippen LogP contribution in [0.1, 0.15) is 54.8 Å². The van der Waals surface area contributed by atoms with Gasteiger partial charge in [0.25, 0.3) is 0 Å². The number of carboxylic acid groups (broad SMARTS) is 1. The van der Waals surface area contributed by atoms with Crippen LogP contribution in [0.4, 0.5) is 0 Å². The topological polar surface area (TPSA) is 63.1 Å². The van der Waals surface area contributed by atoms with Crippen molar-refractivity contribution >= 4 is 17.6 Å². The fraction of sp³-hybridized carbons (Fsp3) is 0.583. The van der Waals surface area contributed by atoms with Crippen molar-refractivity contribution < 1.29 is 9.90 Å². The van der Waals surface area contributed by atoms with E-state index in [-0.39, 0.29) is 16.6 Å². The molecular weight excluding hydrogens is 240 g/mol. The molecule has 0 aliphatic heterocycles. The predicted molar refractivity (Wildman–Crippen MR) is 64.4 cm³/mol. The Morgan fingerprint density at radius 3 is 2.94 bits per heavy atom. The molecular formula is C12H15ClN2O2. The van der Waals surface area contributed by atoms with E-state index in [1.807, 2.05) is 0 Å². The molecule has 2 rings (SSSR count). The molecule has 2 unspecified atom stereocenters. The van der Waals surface area contributed by atoms with Crippen LogP contribution in [0.2, 0.25) is 5.02 Å². The van der Waals surface area contributed by atoms with Crippen molar-refractivity contribution in [3.63, 3.8) is 0 Å². The summed E-state index contributed by atoms with van der Waals surface area (Å²) in [5.74, 6) is 0.536. The van der Waals surface area contributed by atoms with Crippen LogP contribution in [-0.2, 0) is 0 Å². The van der Waals surface area contributed by atoms with Crippen LogP contribution in [0.15, 0.2) is 6.20 Å². The van der Waals surface area contributed by atoms with Crippen LogP contribution < -0.4 is 0 Å². The monoisotopic (exact) mass is 254 g/mol. The van der Waals surface area contributed by atoms with Crippen LogP contribution in [0.5, 0.6) is 0 Å². The van der Waals surface area contributed by atoms with E-state index in [4.69, 9.17) is 16.7 Å². The second kappa shape index (κ2) is 5.00. The van der Waals surface area contributed by atoms with Gasteiger partial charge in [-0.05, 0) is 25.2 Å². The van der Waals surface area contributed by atoms with Crippen molar-refractivity contribution in [1.82, 2.24) is 9.97 Å². The van der Waals surface area contributed by atoms with Crippen molar-refractivity contribution in [3.05, 3.63) is 22.7 Å². The SMILES string of the molecule is CCC1CCC(c2ncc(Cl)c(C(=O)O)n2)C1. The third kappa shape index (κ3) is 2.57. The quantitative estimate of drug-likeness (QED) is 0.900. The summed E-state index contributed by atoms with van der Waals surface area (Å²) in [5.41, 5.74) is -0.0865. The molecule has 0 aromatic carbocycles. The van der Waals surface area contributed by atoms with Gasteiger partial charge in [0.15, 0.2) is 5.69 Å². The molecule has 17 heavy (non-hydrogen) atoms. The Bertz CT molecular complexity index is 437. The summed E-state index contributed by atoms with van der Waals surface area (Å²) in [5, 5.41) is 9.06. The van der Waals surface area contributed by atoms with Crippen molar-refractivity contribution in [2.75, 3.05) is 0 Å². The summed E-state index contributed by atoms with van der Waals surface area (Å²) in [6, 6.07) is 0. The number of carbonyl (C=O) groups is 1. The maximum Gasteiger partial charge on any atom is 0.356 e.